The number of rotatable bonds is 2. The molecular formula is C13H13FN2O3. The molecule has 0 atom stereocenters. The fraction of sp³-hybridized carbons (Fsp3) is 0.308. The summed E-state index contributed by atoms with van der Waals surface area (Å²) in [6.45, 7) is 3.59. The molecule has 0 saturated carbocycles. The molecule has 0 aromatic carbocycles. The number of nitrogens with zero attached hydrogens (tertiary/aromatic N) is 2. The first-order valence-electron chi connectivity index (χ1n) is 5.76. The van der Waals surface area contributed by atoms with Crippen LogP contribution >= 0.6 is 0 Å². The van der Waals surface area contributed by atoms with Gasteiger partial charge in [0.15, 0.2) is 0 Å². The molecule has 0 radical (unpaired) electrons. The first kappa shape index (κ1) is 13.2. The molecular weight excluding hydrogens is 251 g/mol. The van der Waals surface area contributed by atoms with Crippen LogP contribution in [0.15, 0.2) is 17.1 Å². The molecule has 1 N–H and O–H groups in total. The Morgan fingerprint density at radius 1 is 1.47 bits per heavy atom. The van der Waals surface area contributed by atoms with Crippen LogP contribution in [0.1, 0.15) is 35.8 Å². The van der Waals surface area contributed by atoms with Gasteiger partial charge in [-0.15, -0.1) is 0 Å². The minimum absolute atomic E-state index is 0.0238. The van der Waals surface area contributed by atoms with Gasteiger partial charge in [-0.3, -0.25) is 4.79 Å². The second-order valence-electron chi connectivity index (χ2n) is 4.67. The van der Waals surface area contributed by atoms with Crippen LogP contribution in [0.4, 0.5) is 4.39 Å². The van der Waals surface area contributed by atoms with Gasteiger partial charge in [0.1, 0.15) is 17.0 Å². The van der Waals surface area contributed by atoms with Gasteiger partial charge in [0.2, 0.25) is 5.43 Å². The van der Waals surface area contributed by atoms with Crippen molar-refractivity contribution in [1.29, 1.82) is 0 Å². The van der Waals surface area contributed by atoms with E-state index in [1.807, 2.05) is 0 Å². The summed E-state index contributed by atoms with van der Waals surface area (Å²) in [6, 6.07) is 1.06. The molecule has 0 spiro atoms. The fourth-order valence-electron chi connectivity index (χ4n) is 1.94. The smallest absolute Gasteiger partial charge is 0.341 e. The Balaban J connectivity index is 2.92. The van der Waals surface area contributed by atoms with Crippen molar-refractivity contribution in [1.82, 2.24) is 9.55 Å². The molecule has 2 rings (SSSR count). The van der Waals surface area contributed by atoms with Crippen LogP contribution in [0.5, 0.6) is 0 Å². The summed E-state index contributed by atoms with van der Waals surface area (Å²) in [5, 5.41) is 8.91. The first-order chi connectivity index (χ1) is 8.82. The molecule has 2 heterocycles. The number of aromatic nitrogens is 2. The quantitative estimate of drug-likeness (QED) is 0.899. The number of carbonyl (C=O) groups is 1. The molecule has 0 saturated heterocycles. The number of carboxylic acid groups (broad SMARTS) is 1. The van der Waals surface area contributed by atoms with Crippen molar-refractivity contribution in [3.63, 3.8) is 0 Å². The molecule has 2 aromatic heterocycles. The highest BCUT2D eigenvalue weighted by molar-refractivity contribution is 5.91. The fourth-order valence-corrected chi connectivity index (χ4v) is 1.94. The van der Waals surface area contributed by atoms with Gasteiger partial charge in [-0.25, -0.2) is 14.2 Å². The van der Waals surface area contributed by atoms with Crippen molar-refractivity contribution in [3.05, 3.63) is 39.6 Å². The lowest BCUT2D eigenvalue weighted by Crippen LogP contribution is -2.19. The van der Waals surface area contributed by atoms with E-state index in [1.165, 1.54) is 10.8 Å². The summed E-state index contributed by atoms with van der Waals surface area (Å²) in [5.74, 6) is -2.06. The number of aromatic carboxylic acids is 1. The second-order valence-corrected chi connectivity index (χ2v) is 4.67. The van der Waals surface area contributed by atoms with Crippen molar-refractivity contribution >= 4 is 17.0 Å². The zero-order valence-corrected chi connectivity index (χ0v) is 10.8. The van der Waals surface area contributed by atoms with Crippen molar-refractivity contribution in [2.45, 2.75) is 19.8 Å². The molecule has 5 nitrogen and oxygen atoms in total. The van der Waals surface area contributed by atoms with Crippen molar-refractivity contribution in [3.8, 4) is 0 Å². The summed E-state index contributed by atoms with van der Waals surface area (Å²) >= 11 is 0. The zero-order chi connectivity index (χ0) is 14.3. The van der Waals surface area contributed by atoms with Crippen LogP contribution in [-0.4, -0.2) is 20.6 Å². The highest BCUT2D eigenvalue weighted by atomic mass is 19.1. The van der Waals surface area contributed by atoms with Gasteiger partial charge in [0, 0.05) is 13.2 Å². The topological polar surface area (TPSA) is 72.2 Å². The molecule has 0 aliphatic heterocycles. The number of fused-ring (bicyclic) bond motifs is 1. The zero-order valence-electron chi connectivity index (χ0n) is 10.8. The predicted octanol–water partition coefficient (Wildman–Crippen LogP) is 1.89. The number of aryl methyl sites for hydroxylation is 1. The summed E-state index contributed by atoms with van der Waals surface area (Å²) in [4.78, 5) is 27.0. The third kappa shape index (κ3) is 2.09. The highest BCUT2D eigenvalue weighted by Crippen LogP contribution is 2.19. The van der Waals surface area contributed by atoms with E-state index in [0.29, 0.717) is 0 Å². The lowest BCUT2D eigenvalue weighted by molar-refractivity contribution is 0.0695. The van der Waals surface area contributed by atoms with Crippen molar-refractivity contribution in [2.75, 3.05) is 0 Å². The maximum Gasteiger partial charge on any atom is 0.341 e. The summed E-state index contributed by atoms with van der Waals surface area (Å²) in [7, 11) is 1.57. The number of carboxylic acids is 1. The molecule has 6 heteroatoms. The molecule has 2 aromatic rings. The van der Waals surface area contributed by atoms with Crippen molar-refractivity contribution < 1.29 is 14.3 Å². The van der Waals surface area contributed by atoms with Gasteiger partial charge in [-0.05, 0) is 12.0 Å². The normalized spacial score (nSPS) is 11.2. The largest absolute Gasteiger partial charge is 0.477 e. The minimum atomic E-state index is -1.34. The number of halogens is 1. The van der Waals surface area contributed by atoms with Gasteiger partial charge in [0.25, 0.3) is 0 Å². The Bertz CT molecular complexity index is 735. The molecule has 19 heavy (non-hydrogen) atoms. The summed E-state index contributed by atoms with van der Waals surface area (Å²) in [5.41, 5.74) is -0.582. The summed E-state index contributed by atoms with van der Waals surface area (Å²) < 4.78 is 15.3. The molecule has 0 unspecified atom stereocenters. The van der Waals surface area contributed by atoms with Crippen LogP contribution in [0.2, 0.25) is 0 Å². The SMILES string of the molecule is CC(C)c1nc2c(cc1F)c(=O)c(C(=O)O)cn2C. The number of hydrogen-bond donors (Lipinski definition) is 1. The second kappa shape index (κ2) is 4.46. The maximum absolute atomic E-state index is 13.9. The molecule has 0 aliphatic carbocycles. The Morgan fingerprint density at radius 3 is 2.63 bits per heavy atom. The van der Waals surface area contributed by atoms with E-state index in [2.05, 4.69) is 4.98 Å². The van der Waals surface area contributed by atoms with Crippen LogP contribution in [0.25, 0.3) is 11.0 Å². The molecule has 0 amide bonds. The van der Waals surface area contributed by atoms with E-state index in [-0.39, 0.29) is 22.6 Å². The van der Waals surface area contributed by atoms with Gasteiger partial charge < -0.3 is 9.67 Å². The lowest BCUT2D eigenvalue weighted by Gasteiger charge is -2.11. The third-order valence-electron chi connectivity index (χ3n) is 2.91. The van der Waals surface area contributed by atoms with Gasteiger partial charge >= 0.3 is 5.97 Å². The van der Waals surface area contributed by atoms with E-state index in [4.69, 9.17) is 5.11 Å². The minimum Gasteiger partial charge on any atom is -0.477 e. The van der Waals surface area contributed by atoms with Crippen LogP contribution in [0.3, 0.4) is 0 Å². The van der Waals surface area contributed by atoms with E-state index in [9.17, 15) is 14.0 Å². The van der Waals surface area contributed by atoms with Crippen molar-refractivity contribution in [2.24, 2.45) is 7.05 Å². The first-order valence-corrected chi connectivity index (χ1v) is 5.76. The Kier molecular flexibility index (Phi) is 3.09. The molecule has 100 valence electrons. The average molecular weight is 264 g/mol. The molecule has 0 bridgehead atoms. The van der Waals surface area contributed by atoms with Gasteiger partial charge in [-0.1, -0.05) is 13.8 Å². The Morgan fingerprint density at radius 2 is 2.11 bits per heavy atom. The molecule has 0 fully saturated rings. The third-order valence-corrected chi connectivity index (χ3v) is 2.91. The highest BCUT2D eigenvalue weighted by Gasteiger charge is 2.17. The average Bonchev–Trinajstić information content (AvgIpc) is 2.32. The maximum atomic E-state index is 13.9. The Hall–Kier alpha value is -2.24. The molecule has 0 aliphatic rings. The van der Waals surface area contributed by atoms with E-state index < -0.39 is 22.8 Å². The predicted molar refractivity (Wildman–Crippen MR) is 68.0 cm³/mol. The van der Waals surface area contributed by atoms with E-state index >= 15 is 0 Å². The summed E-state index contributed by atoms with van der Waals surface area (Å²) in [6.07, 6.45) is 1.20. The van der Waals surface area contributed by atoms with E-state index in [0.717, 1.165) is 6.07 Å². The van der Waals surface area contributed by atoms with Gasteiger partial charge in [-0.2, -0.15) is 0 Å². The van der Waals surface area contributed by atoms with Crippen LogP contribution in [0, 0.1) is 5.82 Å². The Labute approximate surface area is 108 Å². The monoisotopic (exact) mass is 264 g/mol. The van der Waals surface area contributed by atoms with Crippen LogP contribution < -0.4 is 5.43 Å². The number of hydrogen-bond acceptors (Lipinski definition) is 3. The van der Waals surface area contributed by atoms with Gasteiger partial charge in [0.05, 0.1) is 11.1 Å². The van der Waals surface area contributed by atoms with Crippen LogP contribution in [-0.2, 0) is 7.05 Å². The standard InChI is InChI=1S/C13H13FN2O3/c1-6(2)10-9(14)4-7-11(17)8(13(18)19)5-16(3)12(7)15-10/h4-6H,1-3H3,(H,18,19). The van der Waals surface area contributed by atoms with E-state index in [1.54, 1.807) is 20.9 Å². The lowest BCUT2D eigenvalue weighted by atomic mass is 10.1. The number of pyridine rings is 2.